The van der Waals surface area contributed by atoms with E-state index in [1.807, 2.05) is 6.07 Å². The van der Waals surface area contributed by atoms with Gasteiger partial charge in [-0.3, -0.25) is 9.78 Å². The average molecular weight is 299 g/mol. The van der Waals surface area contributed by atoms with E-state index in [1.165, 1.54) is 0 Å². The molecule has 17 heavy (non-hydrogen) atoms. The topological polar surface area (TPSA) is 42.0 Å². The molecule has 1 rings (SSSR count). The van der Waals surface area contributed by atoms with E-state index in [-0.39, 0.29) is 17.4 Å². The minimum absolute atomic E-state index is 0.0399. The van der Waals surface area contributed by atoms with Gasteiger partial charge in [0.25, 0.3) is 5.91 Å². The minimum Gasteiger partial charge on any atom is -0.347 e. The number of aromatic nitrogens is 1. The Morgan fingerprint density at radius 2 is 2.18 bits per heavy atom. The highest BCUT2D eigenvalue weighted by molar-refractivity contribution is 9.09. The highest BCUT2D eigenvalue weighted by Crippen LogP contribution is 2.22. The normalized spacial score (nSPS) is 13.2. The zero-order valence-corrected chi connectivity index (χ0v) is 12.1. The number of rotatable bonds is 4. The fourth-order valence-corrected chi connectivity index (χ4v) is 2.02. The van der Waals surface area contributed by atoms with E-state index >= 15 is 0 Å². The SMILES string of the molecule is CC(C)(C)C(CCBr)NC(=O)c1ccccn1. The summed E-state index contributed by atoms with van der Waals surface area (Å²) in [6.07, 6.45) is 2.54. The van der Waals surface area contributed by atoms with Crippen LogP contribution in [0.2, 0.25) is 0 Å². The smallest absolute Gasteiger partial charge is 0.270 e. The number of nitrogens with one attached hydrogen (secondary N) is 1. The Hall–Kier alpha value is -0.900. The fourth-order valence-electron chi connectivity index (χ4n) is 1.56. The van der Waals surface area contributed by atoms with E-state index in [9.17, 15) is 4.79 Å². The van der Waals surface area contributed by atoms with Gasteiger partial charge in [0.1, 0.15) is 5.69 Å². The van der Waals surface area contributed by atoms with Gasteiger partial charge in [-0.05, 0) is 24.0 Å². The highest BCUT2D eigenvalue weighted by atomic mass is 79.9. The summed E-state index contributed by atoms with van der Waals surface area (Å²) in [5.74, 6) is -0.105. The van der Waals surface area contributed by atoms with Crippen LogP contribution in [0.3, 0.4) is 0 Å². The van der Waals surface area contributed by atoms with Crippen molar-refractivity contribution in [3.05, 3.63) is 30.1 Å². The summed E-state index contributed by atoms with van der Waals surface area (Å²) in [6, 6.07) is 5.48. The largest absolute Gasteiger partial charge is 0.347 e. The Balaban J connectivity index is 2.71. The molecule has 0 fully saturated rings. The number of nitrogens with zero attached hydrogens (tertiary/aromatic N) is 1. The molecular weight excluding hydrogens is 280 g/mol. The van der Waals surface area contributed by atoms with Crippen LogP contribution in [0.1, 0.15) is 37.7 Å². The van der Waals surface area contributed by atoms with Gasteiger partial charge < -0.3 is 5.32 Å². The molecule has 0 aliphatic heterocycles. The van der Waals surface area contributed by atoms with E-state index in [4.69, 9.17) is 0 Å². The van der Waals surface area contributed by atoms with Crippen molar-refractivity contribution in [2.24, 2.45) is 5.41 Å². The standard InChI is InChI=1S/C13H19BrN2O/c1-13(2,3)11(7-8-14)16-12(17)10-6-4-5-9-15-10/h4-6,9,11H,7-8H2,1-3H3,(H,16,17). The van der Waals surface area contributed by atoms with Crippen molar-refractivity contribution in [2.45, 2.75) is 33.2 Å². The molecule has 94 valence electrons. The van der Waals surface area contributed by atoms with Crippen molar-refractivity contribution in [1.29, 1.82) is 0 Å². The monoisotopic (exact) mass is 298 g/mol. The van der Waals surface area contributed by atoms with Gasteiger partial charge in [-0.1, -0.05) is 42.8 Å². The first-order valence-electron chi connectivity index (χ1n) is 5.73. The molecule has 1 aromatic heterocycles. The number of hydrogen-bond acceptors (Lipinski definition) is 2. The predicted molar refractivity (Wildman–Crippen MR) is 73.4 cm³/mol. The number of hydrogen-bond donors (Lipinski definition) is 1. The van der Waals surface area contributed by atoms with Gasteiger partial charge in [0.2, 0.25) is 0 Å². The van der Waals surface area contributed by atoms with Gasteiger partial charge >= 0.3 is 0 Å². The van der Waals surface area contributed by atoms with E-state index in [2.05, 4.69) is 47.0 Å². The molecule has 4 heteroatoms. The van der Waals surface area contributed by atoms with E-state index in [1.54, 1.807) is 18.3 Å². The molecule has 0 aromatic carbocycles. The molecule has 0 saturated heterocycles. The van der Waals surface area contributed by atoms with Crippen molar-refractivity contribution in [3.8, 4) is 0 Å². The van der Waals surface area contributed by atoms with Crippen molar-refractivity contribution in [2.75, 3.05) is 5.33 Å². The van der Waals surface area contributed by atoms with Crippen molar-refractivity contribution in [3.63, 3.8) is 0 Å². The summed E-state index contributed by atoms with van der Waals surface area (Å²) in [5.41, 5.74) is 0.509. The van der Waals surface area contributed by atoms with Crippen LogP contribution in [0.5, 0.6) is 0 Å². The number of carbonyl (C=O) groups is 1. The zero-order valence-electron chi connectivity index (χ0n) is 10.5. The molecule has 0 radical (unpaired) electrons. The van der Waals surface area contributed by atoms with Crippen LogP contribution in [0.4, 0.5) is 0 Å². The van der Waals surface area contributed by atoms with E-state index < -0.39 is 0 Å². The van der Waals surface area contributed by atoms with Crippen molar-refractivity contribution in [1.82, 2.24) is 10.3 Å². The summed E-state index contributed by atoms with van der Waals surface area (Å²) >= 11 is 3.42. The lowest BCUT2D eigenvalue weighted by molar-refractivity contribution is 0.0895. The molecule has 1 heterocycles. The number of carbonyl (C=O) groups excluding carboxylic acids is 1. The van der Waals surface area contributed by atoms with Gasteiger partial charge in [0, 0.05) is 17.6 Å². The first kappa shape index (κ1) is 14.2. The molecule has 0 saturated carbocycles. The van der Waals surface area contributed by atoms with Gasteiger partial charge in [-0.15, -0.1) is 0 Å². The second-order valence-electron chi connectivity index (χ2n) is 5.08. The van der Waals surface area contributed by atoms with Crippen LogP contribution in [0.15, 0.2) is 24.4 Å². The summed E-state index contributed by atoms with van der Waals surface area (Å²) in [7, 11) is 0. The third kappa shape index (κ3) is 4.46. The molecule has 0 bridgehead atoms. The van der Waals surface area contributed by atoms with Gasteiger partial charge in [-0.2, -0.15) is 0 Å². The number of amides is 1. The molecule has 1 unspecified atom stereocenters. The summed E-state index contributed by atoms with van der Waals surface area (Å²) in [5, 5.41) is 3.92. The third-order valence-corrected chi connectivity index (χ3v) is 3.10. The van der Waals surface area contributed by atoms with Crippen LogP contribution in [0.25, 0.3) is 0 Å². The Morgan fingerprint density at radius 3 is 2.65 bits per heavy atom. The Labute approximate surface area is 111 Å². The lowest BCUT2D eigenvalue weighted by atomic mass is 9.85. The van der Waals surface area contributed by atoms with E-state index in [0.29, 0.717) is 5.69 Å². The molecule has 1 aromatic rings. The second-order valence-corrected chi connectivity index (χ2v) is 5.88. The molecule has 0 spiro atoms. The van der Waals surface area contributed by atoms with Crippen molar-refractivity contribution < 1.29 is 4.79 Å². The molecule has 3 nitrogen and oxygen atoms in total. The average Bonchev–Trinajstić information content (AvgIpc) is 2.28. The first-order valence-corrected chi connectivity index (χ1v) is 6.85. The first-order chi connectivity index (χ1) is 7.95. The molecule has 1 atom stereocenters. The summed E-state index contributed by atoms with van der Waals surface area (Å²) < 4.78 is 0. The third-order valence-electron chi connectivity index (χ3n) is 2.65. The number of halogens is 1. The predicted octanol–water partition coefficient (Wildman–Crippen LogP) is 3.01. The van der Waals surface area contributed by atoms with Crippen molar-refractivity contribution >= 4 is 21.8 Å². The van der Waals surface area contributed by atoms with Gasteiger partial charge in [-0.25, -0.2) is 0 Å². The Kier molecular flexibility index (Phi) is 5.12. The van der Waals surface area contributed by atoms with Gasteiger partial charge in [0.15, 0.2) is 0 Å². The van der Waals surface area contributed by atoms with Crippen LogP contribution in [-0.4, -0.2) is 22.3 Å². The zero-order chi connectivity index (χ0) is 12.9. The lowest BCUT2D eigenvalue weighted by Gasteiger charge is -2.31. The maximum Gasteiger partial charge on any atom is 0.270 e. The minimum atomic E-state index is -0.105. The highest BCUT2D eigenvalue weighted by Gasteiger charge is 2.26. The van der Waals surface area contributed by atoms with Crippen LogP contribution in [-0.2, 0) is 0 Å². The fraction of sp³-hybridized carbons (Fsp3) is 0.538. The molecule has 1 N–H and O–H groups in total. The Bertz CT molecular complexity index is 359. The summed E-state index contributed by atoms with van der Waals surface area (Å²) in [6.45, 7) is 6.37. The maximum atomic E-state index is 12.0. The van der Waals surface area contributed by atoms with Crippen LogP contribution >= 0.6 is 15.9 Å². The van der Waals surface area contributed by atoms with E-state index in [0.717, 1.165) is 11.8 Å². The summed E-state index contributed by atoms with van der Waals surface area (Å²) in [4.78, 5) is 16.0. The Morgan fingerprint density at radius 1 is 1.47 bits per heavy atom. The lowest BCUT2D eigenvalue weighted by Crippen LogP contribution is -2.44. The maximum absolute atomic E-state index is 12.0. The number of pyridine rings is 1. The van der Waals surface area contributed by atoms with Gasteiger partial charge in [0.05, 0.1) is 0 Å². The number of alkyl halides is 1. The van der Waals surface area contributed by atoms with Crippen LogP contribution < -0.4 is 5.32 Å². The molecule has 0 aliphatic carbocycles. The second kappa shape index (κ2) is 6.15. The van der Waals surface area contributed by atoms with Crippen LogP contribution in [0, 0.1) is 5.41 Å². The quantitative estimate of drug-likeness (QED) is 0.868. The molecular formula is C13H19BrN2O. The molecule has 1 amide bonds. The molecule has 0 aliphatic rings.